The first-order valence-corrected chi connectivity index (χ1v) is 30.5. The zero-order chi connectivity index (χ0) is 65.3. The number of alkyl carbamates (subject to hydrolysis) is 1. The van der Waals surface area contributed by atoms with Gasteiger partial charge in [-0.3, -0.25) is 34.1 Å². The fourth-order valence-electron chi connectivity index (χ4n) is 9.27. The maximum atomic E-state index is 13.2. The molecule has 27 heteroatoms. The van der Waals surface area contributed by atoms with Crippen LogP contribution in [0.4, 0.5) is 21.0 Å². The van der Waals surface area contributed by atoms with Gasteiger partial charge in [0.15, 0.2) is 5.72 Å². The number of hydrogen-bond donors (Lipinski definition) is 9. The van der Waals surface area contributed by atoms with Gasteiger partial charge in [0.1, 0.15) is 35.1 Å². The van der Waals surface area contributed by atoms with Crippen molar-refractivity contribution in [2.75, 3.05) is 63.5 Å². The highest BCUT2D eigenvalue weighted by Gasteiger charge is 2.59. The highest BCUT2D eigenvalue weighted by Crippen LogP contribution is 2.48. The number of rotatable bonds is 22. The number of amides is 9. The number of alkyl halides is 1. The van der Waals surface area contributed by atoms with Gasteiger partial charge in [-0.15, -0.1) is 0 Å². The van der Waals surface area contributed by atoms with Gasteiger partial charge in [-0.25, -0.2) is 14.4 Å². The van der Waals surface area contributed by atoms with E-state index in [0.717, 1.165) is 16.0 Å². The van der Waals surface area contributed by atoms with Gasteiger partial charge in [0.05, 0.1) is 41.6 Å². The Kier molecular flexibility index (Phi) is 30.7. The number of methoxy groups -OCH3 is 2. The molecule has 482 valence electrons. The van der Waals surface area contributed by atoms with E-state index in [-0.39, 0.29) is 91.2 Å². The second-order valence-corrected chi connectivity index (χ2v) is 23.0. The van der Waals surface area contributed by atoms with Crippen LogP contribution in [0.25, 0.3) is 0 Å². The zero-order valence-electron chi connectivity index (χ0n) is 51.2. The third kappa shape index (κ3) is 23.4. The minimum absolute atomic E-state index is 0.0248. The molecule has 3 aliphatic rings. The molecule has 2 aromatic rings. The summed E-state index contributed by atoms with van der Waals surface area (Å²) >= 11 is 16.0. The van der Waals surface area contributed by atoms with Gasteiger partial charge in [0, 0.05) is 76.1 Å². The number of nitrogens with one attached hydrogen (secondary N) is 6. The molecular formula is C60H86BrCl2N9O15. The van der Waals surface area contributed by atoms with Crippen molar-refractivity contribution < 1.29 is 72.3 Å². The number of primary amides is 1. The molecule has 0 aromatic heterocycles. The number of unbranched alkanes of at least 4 members (excludes halogenated alkanes) is 2. The van der Waals surface area contributed by atoms with Gasteiger partial charge >= 0.3 is 18.1 Å². The monoisotopic (exact) mass is 1320 g/mol. The van der Waals surface area contributed by atoms with Crippen molar-refractivity contribution in [3.05, 3.63) is 87.5 Å². The van der Waals surface area contributed by atoms with Crippen LogP contribution >= 0.6 is 39.1 Å². The summed E-state index contributed by atoms with van der Waals surface area (Å²) in [5.74, 6) is -3.50. The molecular weight excluding hydrogens is 1240 g/mol. The molecule has 87 heavy (non-hydrogen) atoms. The topological polar surface area (TPSA) is 339 Å². The third-order valence-corrected chi connectivity index (χ3v) is 15.8. The highest BCUT2D eigenvalue weighted by atomic mass is 79.9. The van der Waals surface area contributed by atoms with Crippen LogP contribution in [-0.4, -0.2) is 164 Å². The molecule has 2 fully saturated rings. The number of fused-ring (bicyclic) bond motifs is 5. The number of carbonyl (C=O) groups excluding carboxylic acids is 8. The first-order chi connectivity index (χ1) is 41.0. The number of carboxylic acids is 1. The van der Waals surface area contributed by atoms with Crippen LogP contribution in [0.3, 0.4) is 0 Å². The quantitative estimate of drug-likeness (QED) is 0.0246. The lowest BCUT2D eigenvalue weighted by Crippen LogP contribution is -2.63. The Bertz CT molecular complexity index is 2840. The standard InChI is InChI=1S/C29H41BrClN7O8.C28H37ClN2O7.C3H8/c1-17(15-30)25(41)33-12-6-4-5-9-23(39)35-16-24(40)37-22(8-7-13-34-29(32)46)26(42)36-19-10-11-20(21(31)14-19)27(43)38(3)18(2)28(44)45;1-16-8-7-9-22(36-6)28(34)15-21(37-26(33)30-28)17(2)25-27(3,38-25)11-10-23(32)31(4)19-13-18(12-16)14-20(35-5)24(19)29;1-3-2/h10-11,14,18,22H,1,4-9,12-13,15-16H2,2-3H3,(H,33,41)(H,35,39)(H,36,42)(H,37,40)(H,44,45)(H3,32,34,46);7-9,13-14,17,21-22,25,34H,10-12,15H2,1-6H3,(H,30,33);3H2,1-2H3/b;9-7+,16-8+;/t18-,22?;17-,21?,22-,25?,27+,28+;/m01./s1. The van der Waals surface area contributed by atoms with Crippen molar-refractivity contribution in [2.24, 2.45) is 11.7 Å². The summed E-state index contributed by atoms with van der Waals surface area (Å²) in [5, 5.41) is 36.6. The molecule has 2 saturated heterocycles. The summed E-state index contributed by atoms with van der Waals surface area (Å²) < 4.78 is 22.7. The molecule has 5 rings (SSSR count). The van der Waals surface area contributed by atoms with Crippen LogP contribution in [0.2, 0.25) is 10.0 Å². The first kappa shape index (κ1) is 74.5. The lowest BCUT2D eigenvalue weighted by Gasteiger charge is -2.42. The second kappa shape index (κ2) is 35.9. The van der Waals surface area contributed by atoms with Gasteiger partial charge in [-0.1, -0.05) is 103 Å². The number of anilines is 2. The van der Waals surface area contributed by atoms with E-state index in [1.165, 1.54) is 45.7 Å². The van der Waals surface area contributed by atoms with E-state index in [2.05, 4.69) is 68.3 Å². The van der Waals surface area contributed by atoms with Crippen LogP contribution < -0.4 is 47.3 Å². The van der Waals surface area contributed by atoms with Crippen LogP contribution in [0.15, 0.2) is 66.3 Å². The van der Waals surface area contributed by atoms with Crippen molar-refractivity contribution in [2.45, 2.75) is 154 Å². The number of urea groups is 1. The highest BCUT2D eigenvalue weighted by molar-refractivity contribution is 9.09. The summed E-state index contributed by atoms with van der Waals surface area (Å²) in [5.41, 5.74) is 6.02. The molecule has 8 atom stereocenters. The van der Waals surface area contributed by atoms with E-state index < -0.39 is 71.4 Å². The van der Waals surface area contributed by atoms with Gasteiger partial charge in [-0.05, 0) is 95.2 Å². The van der Waals surface area contributed by atoms with Gasteiger partial charge in [0.2, 0.25) is 29.5 Å². The normalized spacial score (nSPS) is 22.3. The van der Waals surface area contributed by atoms with Crippen LogP contribution in [0, 0.1) is 5.92 Å². The van der Waals surface area contributed by atoms with E-state index in [9.17, 15) is 48.3 Å². The number of carbonyl (C=O) groups is 9. The van der Waals surface area contributed by atoms with Crippen LogP contribution in [-0.2, 0) is 49.4 Å². The van der Waals surface area contributed by atoms with E-state index in [1.54, 1.807) is 31.2 Å². The number of epoxide rings is 1. The molecule has 0 aliphatic carbocycles. The molecule has 3 aliphatic heterocycles. The number of carboxylic acid groups (broad SMARTS) is 1. The molecule has 3 heterocycles. The molecule has 24 nitrogen and oxygen atoms in total. The number of nitrogens with two attached hydrogens (primary N) is 1. The van der Waals surface area contributed by atoms with Crippen molar-refractivity contribution in [1.29, 1.82) is 0 Å². The molecule has 0 radical (unpaired) electrons. The largest absolute Gasteiger partial charge is 0.495 e. The Hall–Kier alpha value is -6.77. The summed E-state index contributed by atoms with van der Waals surface area (Å²) in [6.07, 6.45) is 8.16. The van der Waals surface area contributed by atoms with Crippen molar-refractivity contribution in [3.63, 3.8) is 0 Å². The average Bonchev–Trinajstić information content (AvgIpc) is 1.80. The van der Waals surface area contributed by atoms with E-state index in [0.29, 0.717) is 66.0 Å². The Balaban J connectivity index is 0.000000441. The Morgan fingerprint density at radius 1 is 1.01 bits per heavy atom. The number of hydrogen-bond acceptors (Lipinski definition) is 14. The maximum absolute atomic E-state index is 13.2. The summed E-state index contributed by atoms with van der Waals surface area (Å²) in [6.45, 7) is 15.3. The third-order valence-electron chi connectivity index (χ3n) is 14.5. The number of likely N-dealkylation sites (N-methyl/N-ethyl adjacent to an activating group) is 1. The predicted octanol–water partition coefficient (Wildman–Crippen LogP) is 7.06. The second-order valence-electron chi connectivity index (χ2n) is 21.7. The number of benzene rings is 2. The molecule has 4 bridgehead atoms. The minimum Gasteiger partial charge on any atom is -0.495 e. The summed E-state index contributed by atoms with van der Waals surface area (Å²) in [4.78, 5) is 113. The van der Waals surface area contributed by atoms with Gasteiger partial charge in [-0.2, -0.15) is 0 Å². The average molecular weight is 1320 g/mol. The van der Waals surface area contributed by atoms with Crippen molar-refractivity contribution in [1.82, 2.24) is 31.5 Å². The van der Waals surface area contributed by atoms with Gasteiger partial charge < -0.3 is 71.3 Å². The molecule has 3 unspecified atom stereocenters. The van der Waals surface area contributed by atoms with Crippen molar-refractivity contribution in [3.8, 4) is 5.75 Å². The summed E-state index contributed by atoms with van der Waals surface area (Å²) in [7, 11) is 6.06. The van der Waals surface area contributed by atoms with E-state index in [1.807, 2.05) is 39.0 Å². The lowest BCUT2D eigenvalue weighted by molar-refractivity contribution is -0.142. The number of ether oxygens (including phenoxy) is 4. The molecule has 0 saturated carbocycles. The van der Waals surface area contributed by atoms with E-state index in [4.69, 9.17) is 53.0 Å². The summed E-state index contributed by atoms with van der Waals surface area (Å²) in [6, 6.07) is 4.89. The minimum atomic E-state index is -1.66. The Labute approximate surface area is 527 Å². The predicted molar refractivity (Wildman–Crippen MR) is 335 cm³/mol. The van der Waals surface area contributed by atoms with Crippen LogP contribution in [0.5, 0.6) is 5.75 Å². The number of halogens is 3. The molecule has 2 aromatic carbocycles. The fourth-order valence-corrected chi connectivity index (χ4v) is 10.1. The van der Waals surface area contributed by atoms with Crippen molar-refractivity contribution >= 4 is 104 Å². The number of aliphatic hydroxyl groups is 1. The first-order valence-electron chi connectivity index (χ1n) is 28.6. The molecule has 10 N–H and O–H groups in total. The SMILES string of the molecule is C=C(CBr)C(=O)NCCCCCC(=O)NCC(=O)NC(CCCNC(N)=O)C(=O)Nc1ccc(C(=O)N(C)[C@@H](C)C(=O)O)c(Cl)c1.CCC.COc1cc2cc(c1Cl)N(C)C(=O)CC[C@]1(C)OC1[C@H](C)C1C[C@@](O)(NC(=O)O1)[C@H](OC)/C=C/C=C(\C)C2. The number of aliphatic carboxylic acids is 1. The number of allylic oxidation sites excluding steroid dienone is 3. The zero-order valence-corrected chi connectivity index (χ0v) is 54.3. The molecule has 0 spiro atoms. The van der Waals surface area contributed by atoms with Gasteiger partial charge in [0.25, 0.3) is 5.91 Å². The smallest absolute Gasteiger partial charge is 0.409 e. The molecule has 9 amide bonds. The fraction of sp³-hybridized carbons (Fsp3) is 0.550. The Morgan fingerprint density at radius 3 is 2.31 bits per heavy atom. The Morgan fingerprint density at radius 2 is 1.69 bits per heavy atom. The number of nitrogens with zero attached hydrogens (tertiary/aromatic N) is 2. The van der Waals surface area contributed by atoms with Crippen LogP contribution in [0.1, 0.15) is 122 Å². The van der Waals surface area contributed by atoms with E-state index >= 15 is 0 Å². The lowest BCUT2D eigenvalue weighted by atomic mass is 9.84. The maximum Gasteiger partial charge on any atom is 0.409 e.